The van der Waals surface area contributed by atoms with Gasteiger partial charge in [-0.3, -0.25) is 4.79 Å². The van der Waals surface area contributed by atoms with Crippen molar-refractivity contribution in [3.63, 3.8) is 0 Å². The predicted octanol–water partition coefficient (Wildman–Crippen LogP) is 0.260. The first-order chi connectivity index (χ1) is 11.0. The lowest BCUT2D eigenvalue weighted by molar-refractivity contribution is -0.136. The topological polar surface area (TPSA) is 96.5 Å². The minimum atomic E-state index is -3.32. The monoisotopic (exact) mass is 383 g/mol. The van der Waals surface area contributed by atoms with Crippen molar-refractivity contribution in [3.05, 3.63) is 0 Å². The molecule has 0 aromatic carbocycles. The van der Waals surface area contributed by atoms with Gasteiger partial charge >= 0.3 is 0 Å². The summed E-state index contributed by atoms with van der Waals surface area (Å²) in [6.45, 7) is 2.58. The van der Waals surface area contributed by atoms with Crippen LogP contribution in [-0.4, -0.2) is 60.0 Å². The number of piperidine rings is 1. The molecule has 142 valence electrons. The molecule has 0 bridgehead atoms. The number of nitrogens with one attached hydrogen (secondary N) is 3. The standard InChI is InChI=1S/C15H29N3O4S.ClH/c1-22-12-15(5-7-16-8-6-15)14(19)17-9-10-23(20,21)18-11-13-3-2-4-13;/h13,16,18H,2-12H2,1H3,(H,17,19);1H. The molecule has 2 fully saturated rings. The summed E-state index contributed by atoms with van der Waals surface area (Å²) < 4.78 is 31.7. The van der Waals surface area contributed by atoms with Crippen LogP contribution in [0.4, 0.5) is 0 Å². The fourth-order valence-electron chi connectivity index (χ4n) is 3.12. The molecule has 0 unspecified atom stereocenters. The summed E-state index contributed by atoms with van der Waals surface area (Å²) in [4.78, 5) is 12.5. The lowest BCUT2D eigenvalue weighted by Crippen LogP contribution is -2.51. The lowest BCUT2D eigenvalue weighted by atomic mass is 9.78. The number of hydrogen-bond acceptors (Lipinski definition) is 5. The highest BCUT2D eigenvalue weighted by atomic mass is 35.5. The molecule has 7 nitrogen and oxygen atoms in total. The maximum Gasteiger partial charge on any atom is 0.228 e. The Morgan fingerprint density at radius 1 is 1.29 bits per heavy atom. The molecule has 24 heavy (non-hydrogen) atoms. The Morgan fingerprint density at radius 3 is 2.50 bits per heavy atom. The van der Waals surface area contributed by atoms with Crippen LogP contribution in [0.1, 0.15) is 32.1 Å². The summed E-state index contributed by atoms with van der Waals surface area (Å²) in [5.41, 5.74) is -0.539. The number of methoxy groups -OCH3 is 1. The smallest absolute Gasteiger partial charge is 0.228 e. The Bertz CT molecular complexity index is 485. The fourth-order valence-corrected chi connectivity index (χ4v) is 4.12. The van der Waals surface area contributed by atoms with Gasteiger partial charge in [-0.2, -0.15) is 0 Å². The molecule has 1 aliphatic carbocycles. The summed E-state index contributed by atoms with van der Waals surface area (Å²) in [6.07, 6.45) is 4.82. The summed E-state index contributed by atoms with van der Waals surface area (Å²) in [6, 6.07) is 0. The lowest BCUT2D eigenvalue weighted by Gasteiger charge is -2.35. The number of sulfonamides is 1. The minimum absolute atomic E-state index is 0. The van der Waals surface area contributed by atoms with Gasteiger partial charge < -0.3 is 15.4 Å². The van der Waals surface area contributed by atoms with Crippen LogP contribution >= 0.6 is 12.4 Å². The Labute approximate surface area is 151 Å². The van der Waals surface area contributed by atoms with Crippen molar-refractivity contribution in [1.29, 1.82) is 0 Å². The molecular weight excluding hydrogens is 354 g/mol. The molecule has 2 aliphatic rings. The fraction of sp³-hybridized carbons (Fsp3) is 0.933. The summed E-state index contributed by atoms with van der Waals surface area (Å²) in [5.74, 6) is 0.307. The Hall–Kier alpha value is -0.410. The molecule has 0 aromatic rings. The van der Waals surface area contributed by atoms with E-state index in [2.05, 4.69) is 15.4 Å². The number of amides is 1. The molecule has 1 saturated heterocycles. The number of hydrogen-bond donors (Lipinski definition) is 3. The molecule has 0 radical (unpaired) electrons. The van der Waals surface area contributed by atoms with Crippen LogP contribution in [0.3, 0.4) is 0 Å². The molecule has 1 amide bonds. The highest BCUT2D eigenvalue weighted by Crippen LogP contribution is 2.29. The second kappa shape index (κ2) is 9.91. The Balaban J connectivity index is 0.00000288. The quantitative estimate of drug-likeness (QED) is 0.530. The van der Waals surface area contributed by atoms with Crippen molar-refractivity contribution in [3.8, 4) is 0 Å². The van der Waals surface area contributed by atoms with Crippen molar-refractivity contribution < 1.29 is 17.9 Å². The first-order valence-corrected chi connectivity index (χ1v) is 10.1. The third-order valence-corrected chi connectivity index (χ3v) is 6.28. The van der Waals surface area contributed by atoms with E-state index >= 15 is 0 Å². The Kier molecular flexibility index (Phi) is 8.94. The van der Waals surface area contributed by atoms with E-state index in [1.54, 1.807) is 7.11 Å². The molecule has 0 aromatic heterocycles. The van der Waals surface area contributed by atoms with Gasteiger partial charge in [0.1, 0.15) is 0 Å². The van der Waals surface area contributed by atoms with E-state index in [0.717, 1.165) is 25.9 Å². The summed E-state index contributed by atoms with van der Waals surface area (Å²) >= 11 is 0. The summed E-state index contributed by atoms with van der Waals surface area (Å²) in [7, 11) is -1.73. The van der Waals surface area contributed by atoms with E-state index < -0.39 is 15.4 Å². The average Bonchev–Trinajstić information content (AvgIpc) is 2.46. The van der Waals surface area contributed by atoms with Crippen molar-refractivity contribution in [2.45, 2.75) is 32.1 Å². The van der Waals surface area contributed by atoms with E-state index in [1.807, 2.05) is 0 Å². The van der Waals surface area contributed by atoms with Gasteiger partial charge in [0.05, 0.1) is 17.8 Å². The van der Waals surface area contributed by atoms with Gasteiger partial charge in [0.25, 0.3) is 0 Å². The zero-order valence-corrected chi connectivity index (χ0v) is 15.9. The molecule has 3 N–H and O–H groups in total. The van der Waals surface area contributed by atoms with Crippen molar-refractivity contribution in [1.82, 2.24) is 15.4 Å². The SMILES string of the molecule is COCC1(C(=O)NCCS(=O)(=O)NCC2CCC2)CCNCC1.Cl. The predicted molar refractivity (Wildman–Crippen MR) is 95.8 cm³/mol. The van der Waals surface area contributed by atoms with Crippen LogP contribution in [0.15, 0.2) is 0 Å². The van der Waals surface area contributed by atoms with Gasteiger partial charge in [-0.15, -0.1) is 12.4 Å². The molecule has 1 heterocycles. The van der Waals surface area contributed by atoms with Crippen molar-refractivity contribution >= 4 is 28.3 Å². The van der Waals surface area contributed by atoms with Gasteiger partial charge in [0.2, 0.25) is 15.9 Å². The molecular formula is C15H30ClN3O4S. The number of carbonyl (C=O) groups is 1. The van der Waals surface area contributed by atoms with Crippen LogP contribution in [0, 0.1) is 11.3 Å². The van der Waals surface area contributed by atoms with Gasteiger partial charge in [-0.25, -0.2) is 13.1 Å². The Morgan fingerprint density at radius 2 is 1.96 bits per heavy atom. The second-order valence-corrected chi connectivity index (χ2v) is 8.61. The van der Waals surface area contributed by atoms with Crippen molar-refractivity contribution in [2.24, 2.45) is 11.3 Å². The van der Waals surface area contributed by atoms with Crippen LogP contribution in [0.2, 0.25) is 0 Å². The highest BCUT2D eigenvalue weighted by molar-refractivity contribution is 7.89. The number of halogens is 1. The van der Waals surface area contributed by atoms with E-state index in [4.69, 9.17) is 4.74 Å². The molecule has 9 heteroatoms. The first-order valence-electron chi connectivity index (χ1n) is 8.43. The molecule has 1 aliphatic heterocycles. The van der Waals surface area contributed by atoms with E-state index in [-0.39, 0.29) is 30.6 Å². The zero-order chi connectivity index (χ0) is 16.8. The number of rotatable bonds is 9. The maximum absolute atomic E-state index is 12.5. The highest BCUT2D eigenvalue weighted by Gasteiger charge is 2.39. The van der Waals surface area contributed by atoms with Gasteiger partial charge in [-0.05, 0) is 44.7 Å². The normalized spacial score (nSPS) is 20.7. The summed E-state index contributed by atoms with van der Waals surface area (Å²) in [5, 5.41) is 6.01. The van der Waals surface area contributed by atoms with Gasteiger partial charge in [0, 0.05) is 20.2 Å². The van der Waals surface area contributed by atoms with Gasteiger partial charge in [0.15, 0.2) is 0 Å². The zero-order valence-electron chi connectivity index (χ0n) is 14.3. The molecule has 0 atom stereocenters. The average molecular weight is 384 g/mol. The minimum Gasteiger partial charge on any atom is -0.384 e. The number of carbonyl (C=O) groups excluding carboxylic acids is 1. The molecule has 1 saturated carbocycles. The van der Waals surface area contributed by atoms with Crippen LogP contribution < -0.4 is 15.4 Å². The van der Waals surface area contributed by atoms with Crippen LogP contribution in [0.5, 0.6) is 0 Å². The van der Waals surface area contributed by atoms with E-state index in [9.17, 15) is 13.2 Å². The van der Waals surface area contributed by atoms with E-state index in [0.29, 0.717) is 31.9 Å². The first kappa shape index (κ1) is 21.6. The van der Waals surface area contributed by atoms with Crippen molar-refractivity contribution in [2.75, 3.05) is 45.6 Å². The molecule has 0 spiro atoms. The number of ether oxygens (including phenoxy) is 1. The largest absolute Gasteiger partial charge is 0.384 e. The van der Waals surface area contributed by atoms with E-state index in [1.165, 1.54) is 6.42 Å². The third kappa shape index (κ3) is 6.15. The van der Waals surface area contributed by atoms with Crippen LogP contribution in [0.25, 0.3) is 0 Å². The molecule has 2 rings (SSSR count). The van der Waals surface area contributed by atoms with Crippen LogP contribution in [-0.2, 0) is 19.6 Å². The van der Waals surface area contributed by atoms with Gasteiger partial charge in [-0.1, -0.05) is 6.42 Å². The maximum atomic E-state index is 12.5. The third-order valence-electron chi connectivity index (χ3n) is 4.94. The second-order valence-electron chi connectivity index (χ2n) is 6.68.